The number of nitrogens with zero attached hydrogens (tertiary/aromatic N) is 3. The zero-order valence-corrected chi connectivity index (χ0v) is 9.81. The topological polar surface area (TPSA) is 80.0 Å². The Labute approximate surface area is 99.4 Å². The Morgan fingerprint density at radius 2 is 2.38 bits per heavy atom. The van der Waals surface area contributed by atoms with Crippen LogP contribution in [0.15, 0.2) is 23.2 Å². The zero-order chi connectivity index (χ0) is 11.5. The number of pyridine rings is 1. The van der Waals surface area contributed by atoms with Crippen molar-refractivity contribution >= 4 is 33.1 Å². The summed E-state index contributed by atoms with van der Waals surface area (Å²) in [5.74, 6) is 0. The Morgan fingerprint density at radius 3 is 3.12 bits per heavy atom. The average Bonchev–Trinajstić information content (AvgIpc) is 2.60. The number of rotatable bonds is 3. The van der Waals surface area contributed by atoms with Crippen LogP contribution in [-0.2, 0) is 6.54 Å². The molecule has 2 aromatic heterocycles. The number of nitrogens with one attached hydrogen (secondary N) is 1. The van der Waals surface area contributed by atoms with Gasteiger partial charge in [-0.15, -0.1) is 0 Å². The molecule has 0 atom stereocenters. The van der Waals surface area contributed by atoms with Crippen molar-refractivity contribution in [3.8, 4) is 0 Å². The lowest BCUT2D eigenvalue weighted by Crippen LogP contribution is -2.24. The summed E-state index contributed by atoms with van der Waals surface area (Å²) in [6, 6.07) is 1.85. The maximum atomic E-state index is 10.3. The molecule has 2 aromatic rings. The Hall–Kier alpha value is -1.63. The molecule has 7 heteroatoms. The molecule has 0 unspecified atom stereocenters. The number of hydrogen-bond acceptors (Lipinski definition) is 3. The van der Waals surface area contributed by atoms with Gasteiger partial charge in [-0.05, 0) is 22.0 Å². The maximum absolute atomic E-state index is 10.3. The van der Waals surface area contributed by atoms with Crippen LogP contribution in [0.2, 0.25) is 0 Å². The standard InChI is InChI=1S/C9H9BrN4O2/c10-8-3-7-6(4-12-8)13-5-14(7)2-1-11-9(15)16/h3-5,11H,1-2H2,(H,15,16). The van der Waals surface area contributed by atoms with Crippen LogP contribution in [0.1, 0.15) is 0 Å². The molecule has 0 radical (unpaired) electrons. The van der Waals surface area contributed by atoms with E-state index in [9.17, 15) is 4.79 Å². The number of aromatic nitrogens is 3. The number of hydrogen-bond donors (Lipinski definition) is 2. The SMILES string of the molecule is O=C(O)NCCn1cnc2cnc(Br)cc21. The summed E-state index contributed by atoms with van der Waals surface area (Å²) >= 11 is 3.28. The lowest BCUT2D eigenvalue weighted by Gasteiger charge is -2.03. The molecule has 2 N–H and O–H groups in total. The first-order valence-corrected chi connectivity index (χ1v) is 5.39. The van der Waals surface area contributed by atoms with E-state index in [0.29, 0.717) is 13.1 Å². The van der Waals surface area contributed by atoms with Crippen LogP contribution >= 0.6 is 15.9 Å². The molecular weight excluding hydrogens is 276 g/mol. The second kappa shape index (κ2) is 4.48. The highest BCUT2D eigenvalue weighted by Gasteiger charge is 2.03. The first-order chi connectivity index (χ1) is 7.66. The van der Waals surface area contributed by atoms with Gasteiger partial charge in [-0.2, -0.15) is 0 Å². The highest BCUT2D eigenvalue weighted by molar-refractivity contribution is 9.10. The molecule has 0 spiro atoms. The summed E-state index contributed by atoms with van der Waals surface area (Å²) in [6.07, 6.45) is 2.32. The number of halogens is 1. The molecule has 16 heavy (non-hydrogen) atoms. The first-order valence-electron chi connectivity index (χ1n) is 4.60. The van der Waals surface area contributed by atoms with Gasteiger partial charge >= 0.3 is 6.09 Å². The van der Waals surface area contributed by atoms with Crippen molar-refractivity contribution in [1.82, 2.24) is 19.9 Å². The molecule has 0 aromatic carbocycles. The Morgan fingerprint density at radius 1 is 1.56 bits per heavy atom. The van der Waals surface area contributed by atoms with Gasteiger partial charge in [-0.1, -0.05) is 0 Å². The van der Waals surface area contributed by atoms with Crippen molar-refractivity contribution in [1.29, 1.82) is 0 Å². The second-order valence-corrected chi connectivity index (χ2v) is 3.98. The second-order valence-electron chi connectivity index (χ2n) is 3.17. The third kappa shape index (κ3) is 2.30. The molecule has 2 rings (SSSR count). The number of carboxylic acid groups (broad SMARTS) is 1. The summed E-state index contributed by atoms with van der Waals surface area (Å²) in [7, 11) is 0. The minimum absolute atomic E-state index is 0.348. The molecule has 0 aliphatic rings. The highest BCUT2D eigenvalue weighted by atomic mass is 79.9. The molecule has 0 saturated carbocycles. The molecule has 0 aliphatic heterocycles. The van der Waals surface area contributed by atoms with Crippen molar-refractivity contribution in [3.63, 3.8) is 0 Å². The van der Waals surface area contributed by atoms with Crippen molar-refractivity contribution in [2.24, 2.45) is 0 Å². The number of carbonyl (C=O) groups is 1. The predicted molar refractivity (Wildman–Crippen MR) is 61.3 cm³/mol. The molecular formula is C9H9BrN4O2. The van der Waals surface area contributed by atoms with Gasteiger partial charge in [-0.25, -0.2) is 14.8 Å². The molecule has 1 amide bonds. The quantitative estimate of drug-likeness (QED) is 0.837. The van der Waals surface area contributed by atoms with E-state index in [1.54, 1.807) is 12.5 Å². The fraction of sp³-hybridized carbons (Fsp3) is 0.222. The lowest BCUT2D eigenvalue weighted by molar-refractivity contribution is 0.194. The lowest BCUT2D eigenvalue weighted by atomic mass is 10.4. The minimum atomic E-state index is -1.02. The van der Waals surface area contributed by atoms with Gasteiger partial charge in [0.2, 0.25) is 0 Å². The van der Waals surface area contributed by atoms with E-state index in [1.807, 2.05) is 10.6 Å². The molecule has 0 saturated heterocycles. The summed E-state index contributed by atoms with van der Waals surface area (Å²) in [5, 5.41) is 10.7. The van der Waals surface area contributed by atoms with Gasteiger partial charge in [0.05, 0.1) is 18.0 Å². The van der Waals surface area contributed by atoms with Crippen LogP contribution in [0, 0.1) is 0 Å². The monoisotopic (exact) mass is 284 g/mol. The molecule has 6 nitrogen and oxygen atoms in total. The molecule has 2 heterocycles. The molecule has 84 valence electrons. The first kappa shape index (κ1) is 10.9. The zero-order valence-electron chi connectivity index (χ0n) is 8.22. The van der Waals surface area contributed by atoms with Crippen LogP contribution in [0.3, 0.4) is 0 Å². The molecule has 0 bridgehead atoms. The summed E-state index contributed by atoms with van der Waals surface area (Å²) in [5.41, 5.74) is 1.72. The van der Waals surface area contributed by atoms with Gasteiger partial charge in [0.25, 0.3) is 0 Å². The van der Waals surface area contributed by atoms with Crippen LogP contribution in [0.4, 0.5) is 4.79 Å². The van der Waals surface area contributed by atoms with Crippen molar-refractivity contribution in [2.75, 3.05) is 6.54 Å². The van der Waals surface area contributed by atoms with E-state index in [0.717, 1.165) is 15.6 Å². The normalized spacial score (nSPS) is 10.6. The Balaban J connectivity index is 2.17. The number of amides is 1. The van der Waals surface area contributed by atoms with Gasteiger partial charge in [0, 0.05) is 13.1 Å². The minimum Gasteiger partial charge on any atom is -0.465 e. The van der Waals surface area contributed by atoms with Gasteiger partial charge < -0.3 is 15.0 Å². The van der Waals surface area contributed by atoms with Crippen LogP contribution in [-0.4, -0.2) is 32.3 Å². The van der Waals surface area contributed by atoms with Crippen molar-refractivity contribution < 1.29 is 9.90 Å². The average molecular weight is 285 g/mol. The fourth-order valence-electron chi connectivity index (χ4n) is 1.40. The number of imidazole rings is 1. The van der Waals surface area contributed by atoms with E-state index in [-0.39, 0.29) is 0 Å². The van der Waals surface area contributed by atoms with Gasteiger partial charge in [0.1, 0.15) is 10.1 Å². The van der Waals surface area contributed by atoms with Crippen LogP contribution < -0.4 is 5.32 Å². The van der Waals surface area contributed by atoms with Crippen molar-refractivity contribution in [3.05, 3.63) is 23.2 Å². The summed E-state index contributed by atoms with van der Waals surface area (Å²) in [6.45, 7) is 0.889. The Bertz CT molecular complexity index is 525. The summed E-state index contributed by atoms with van der Waals surface area (Å²) < 4.78 is 2.60. The third-order valence-corrected chi connectivity index (χ3v) is 2.54. The maximum Gasteiger partial charge on any atom is 0.404 e. The summed E-state index contributed by atoms with van der Waals surface area (Å²) in [4.78, 5) is 18.5. The van der Waals surface area contributed by atoms with E-state index < -0.39 is 6.09 Å². The van der Waals surface area contributed by atoms with Crippen molar-refractivity contribution in [2.45, 2.75) is 6.54 Å². The molecule has 0 fully saturated rings. The number of fused-ring (bicyclic) bond motifs is 1. The van der Waals surface area contributed by atoms with E-state index in [2.05, 4.69) is 31.2 Å². The van der Waals surface area contributed by atoms with E-state index >= 15 is 0 Å². The molecule has 0 aliphatic carbocycles. The van der Waals surface area contributed by atoms with Crippen LogP contribution in [0.25, 0.3) is 11.0 Å². The van der Waals surface area contributed by atoms with Gasteiger partial charge in [-0.3, -0.25) is 0 Å². The Kier molecular flexibility index (Phi) is 3.04. The highest BCUT2D eigenvalue weighted by Crippen LogP contribution is 2.15. The predicted octanol–water partition coefficient (Wildman–Crippen LogP) is 1.46. The van der Waals surface area contributed by atoms with E-state index in [1.165, 1.54) is 0 Å². The van der Waals surface area contributed by atoms with Gasteiger partial charge in [0.15, 0.2) is 0 Å². The smallest absolute Gasteiger partial charge is 0.404 e. The fourth-order valence-corrected chi connectivity index (χ4v) is 1.72. The van der Waals surface area contributed by atoms with Crippen LogP contribution in [0.5, 0.6) is 0 Å². The third-order valence-electron chi connectivity index (χ3n) is 2.10. The van der Waals surface area contributed by atoms with E-state index in [4.69, 9.17) is 5.11 Å². The largest absolute Gasteiger partial charge is 0.465 e.